The van der Waals surface area contributed by atoms with Gasteiger partial charge in [-0.1, -0.05) is 18.2 Å². The van der Waals surface area contributed by atoms with E-state index in [1.807, 2.05) is 30.3 Å². The van der Waals surface area contributed by atoms with E-state index in [9.17, 15) is 0 Å². The molecule has 106 valence electrons. The van der Waals surface area contributed by atoms with Gasteiger partial charge in [0.2, 0.25) is 0 Å². The molecule has 1 unspecified atom stereocenters. The quantitative estimate of drug-likeness (QED) is 0.473. The lowest BCUT2D eigenvalue weighted by atomic mass is 9.98. The second-order valence-electron chi connectivity index (χ2n) is 4.23. The standard InChI is InChI=1S/C15H17IN2O2/c1-19-10-7-8-12(14(9-10)20-2)15(18-17)11-5-3-4-6-13(11)16/h3-9,15,18H,17H2,1-2H3. The number of nitrogens with two attached hydrogens (primary N) is 1. The molecule has 0 aliphatic rings. The third kappa shape index (κ3) is 3.05. The number of hydrazine groups is 1. The molecule has 5 heteroatoms. The van der Waals surface area contributed by atoms with Crippen LogP contribution in [-0.4, -0.2) is 14.2 Å². The first-order chi connectivity index (χ1) is 9.71. The maximum absolute atomic E-state index is 5.76. The van der Waals surface area contributed by atoms with E-state index in [1.165, 1.54) is 0 Å². The van der Waals surface area contributed by atoms with Crippen LogP contribution >= 0.6 is 22.6 Å². The van der Waals surface area contributed by atoms with E-state index < -0.39 is 0 Å². The molecular formula is C15H17IN2O2. The van der Waals surface area contributed by atoms with Gasteiger partial charge in [-0.25, -0.2) is 5.43 Å². The monoisotopic (exact) mass is 384 g/mol. The molecule has 2 rings (SSSR count). The zero-order valence-corrected chi connectivity index (χ0v) is 13.5. The van der Waals surface area contributed by atoms with Gasteiger partial charge in [0.15, 0.2) is 0 Å². The van der Waals surface area contributed by atoms with Crippen LogP contribution < -0.4 is 20.7 Å². The average molecular weight is 384 g/mol. The summed E-state index contributed by atoms with van der Waals surface area (Å²) in [5.41, 5.74) is 4.94. The lowest BCUT2D eigenvalue weighted by Gasteiger charge is -2.21. The lowest BCUT2D eigenvalue weighted by Crippen LogP contribution is -2.29. The highest BCUT2D eigenvalue weighted by Crippen LogP contribution is 2.34. The molecule has 0 saturated heterocycles. The van der Waals surface area contributed by atoms with Crippen molar-refractivity contribution >= 4 is 22.6 Å². The molecule has 1 atom stereocenters. The SMILES string of the molecule is COc1ccc(C(NN)c2ccccc2I)c(OC)c1. The molecule has 0 fully saturated rings. The van der Waals surface area contributed by atoms with E-state index in [4.69, 9.17) is 15.3 Å². The van der Waals surface area contributed by atoms with E-state index in [2.05, 4.69) is 40.1 Å². The van der Waals surface area contributed by atoms with Gasteiger partial charge in [-0.2, -0.15) is 0 Å². The van der Waals surface area contributed by atoms with Crippen molar-refractivity contribution in [1.29, 1.82) is 0 Å². The van der Waals surface area contributed by atoms with Gasteiger partial charge >= 0.3 is 0 Å². The molecule has 0 spiro atoms. The van der Waals surface area contributed by atoms with Crippen LogP contribution in [0.3, 0.4) is 0 Å². The van der Waals surface area contributed by atoms with Crippen LogP contribution in [-0.2, 0) is 0 Å². The fourth-order valence-corrected chi connectivity index (χ4v) is 2.81. The highest BCUT2D eigenvalue weighted by atomic mass is 127. The predicted molar refractivity (Wildman–Crippen MR) is 87.9 cm³/mol. The van der Waals surface area contributed by atoms with Gasteiger partial charge in [0.1, 0.15) is 11.5 Å². The third-order valence-corrected chi connectivity index (χ3v) is 4.12. The molecule has 0 heterocycles. The van der Waals surface area contributed by atoms with E-state index in [0.717, 1.165) is 26.2 Å². The molecule has 0 bridgehead atoms. The minimum Gasteiger partial charge on any atom is -0.497 e. The van der Waals surface area contributed by atoms with Crippen molar-refractivity contribution in [1.82, 2.24) is 5.43 Å². The predicted octanol–water partition coefficient (Wildman–Crippen LogP) is 2.86. The summed E-state index contributed by atoms with van der Waals surface area (Å²) in [5.74, 6) is 7.26. The number of ether oxygens (including phenoxy) is 2. The number of hydrogen-bond acceptors (Lipinski definition) is 4. The Bertz CT molecular complexity index is 590. The first-order valence-corrected chi connectivity index (χ1v) is 7.21. The van der Waals surface area contributed by atoms with Crippen molar-refractivity contribution in [2.75, 3.05) is 14.2 Å². The van der Waals surface area contributed by atoms with Crippen molar-refractivity contribution in [3.05, 3.63) is 57.2 Å². The molecule has 0 aromatic heterocycles. The fraction of sp³-hybridized carbons (Fsp3) is 0.200. The maximum Gasteiger partial charge on any atom is 0.127 e. The van der Waals surface area contributed by atoms with E-state index >= 15 is 0 Å². The Kier molecular flexibility index (Phi) is 5.22. The largest absolute Gasteiger partial charge is 0.497 e. The second kappa shape index (κ2) is 6.92. The van der Waals surface area contributed by atoms with Gasteiger partial charge in [0.25, 0.3) is 0 Å². The smallest absolute Gasteiger partial charge is 0.127 e. The van der Waals surface area contributed by atoms with Crippen molar-refractivity contribution < 1.29 is 9.47 Å². The Labute approximate surface area is 132 Å². The summed E-state index contributed by atoms with van der Waals surface area (Å²) in [6, 6.07) is 13.7. The van der Waals surface area contributed by atoms with Crippen molar-refractivity contribution in [3.8, 4) is 11.5 Å². The molecule has 0 radical (unpaired) electrons. The summed E-state index contributed by atoms with van der Waals surface area (Å²) >= 11 is 2.30. The Morgan fingerprint density at radius 1 is 1.05 bits per heavy atom. The normalized spacial score (nSPS) is 12.0. The van der Waals surface area contributed by atoms with Crippen molar-refractivity contribution in [3.63, 3.8) is 0 Å². The van der Waals surface area contributed by atoms with Crippen LogP contribution in [0, 0.1) is 3.57 Å². The third-order valence-electron chi connectivity index (χ3n) is 3.13. The molecular weight excluding hydrogens is 367 g/mol. The summed E-state index contributed by atoms with van der Waals surface area (Å²) in [6.07, 6.45) is 0. The number of methoxy groups -OCH3 is 2. The zero-order chi connectivity index (χ0) is 14.5. The highest BCUT2D eigenvalue weighted by molar-refractivity contribution is 14.1. The Balaban J connectivity index is 2.49. The Hall–Kier alpha value is -1.31. The van der Waals surface area contributed by atoms with Gasteiger partial charge in [0.05, 0.1) is 20.3 Å². The Morgan fingerprint density at radius 2 is 1.80 bits per heavy atom. The molecule has 20 heavy (non-hydrogen) atoms. The van der Waals surface area contributed by atoms with Gasteiger partial charge in [0, 0.05) is 15.2 Å². The van der Waals surface area contributed by atoms with E-state index in [1.54, 1.807) is 14.2 Å². The lowest BCUT2D eigenvalue weighted by molar-refractivity contribution is 0.387. The van der Waals surface area contributed by atoms with Gasteiger partial charge in [-0.05, 0) is 46.4 Å². The van der Waals surface area contributed by atoms with Crippen LogP contribution in [0.5, 0.6) is 11.5 Å². The highest BCUT2D eigenvalue weighted by Gasteiger charge is 2.19. The van der Waals surface area contributed by atoms with Crippen LogP contribution in [0.25, 0.3) is 0 Å². The molecule has 3 N–H and O–H groups in total. The summed E-state index contributed by atoms with van der Waals surface area (Å²) in [5, 5.41) is 0. The second-order valence-corrected chi connectivity index (χ2v) is 5.39. The Morgan fingerprint density at radius 3 is 2.40 bits per heavy atom. The minimum atomic E-state index is -0.135. The van der Waals surface area contributed by atoms with Gasteiger partial charge < -0.3 is 9.47 Å². The van der Waals surface area contributed by atoms with Gasteiger partial charge in [-0.3, -0.25) is 5.84 Å². The first kappa shape index (κ1) is 15.1. The number of halogens is 1. The van der Waals surface area contributed by atoms with Crippen LogP contribution in [0.1, 0.15) is 17.2 Å². The summed E-state index contributed by atoms with van der Waals surface area (Å²) in [7, 11) is 3.27. The van der Waals surface area contributed by atoms with E-state index in [0.29, 0.717) is 0 Å². The topological polar surface area (TPSA) is 56.5 Å². The van der Waals surface area contributed by atoms with E-state index in [-0.39, 0.29) is 6.04 Å². The van der Waals surface area contributed by atoms with Crippen molar-refractivity contribution in [2.45, 2.75) is 6.04 Å². The fourth-order valence-electron chi connectivity index (χ4n) is 2.11. The maximum atomic E-state index is 5.76. The average Bonchev–Trinajstić information content (AvgIpc) is 2.50. The summed E-state index contributed by atoms with van der Waals surface area (Å²) < 4.78 is 11.8. The van der Waals surface area contributed by atoms with Gasteiger partial charge in [-0.15, -0.1) is 0 Å². The molecule has 0 amide bonds. The first-order valence-electron chi connectivity index (χ1n) is 6.13. The number of hydrogen-bond donors (Lipinski definition) is 2. The zero-order valence-electron chi connectivity index (χ0n) is 11.4. The van der Waals surface area contributed by atoms with Crippen LogP contribution in [0.2, 0.25) is 0 Å². The van der Waals surface area contributed by atoms with Crippen molar-refractivity contribution in [2.24, 2.45) is 5.84 Å². The molecule has 0 aliphatic heterocycles. The molecule has 4 nitrogen and oxygen atoms in total. The summed E-state index contributed by atoms with van der Waals surface area (Å²) in [6.45, 7) is 0. The minimum absolute atomic E-state index is 0.135. The van der Waals surface area contributed by atoms with Crippen LogP contribution in [0.4, 0.5) is 0 Å². The molecule has 2 aromatic rings. The number of benzene rings is 2. The summed E-state index contributed by atoms with van der Waals surface area (Å²) in [4.78, 5) is 0. The molecule has 2 aromatic carbocycles. The van der Waals surface area contributed by atoms with Crippen LogP contribution in [0.15, 0.2) is 42.5 Å². The number of nitrogens with one attached hydrogen (secondary N) is 1. The molecule has 0 saturated carbocycles. The number of rotatable bonds is 5. The molecule has 0 aliphatic carbocycles.